The van der Waals surface area contributed by atoms with Gasteiger partial charge in [-0.05, 0) is 80.0 Å². The third-order valence-electron chi connectivity index (χ3n) is 10.3. The molecule has 218 valence electrons. The van der Waals surface area contributed by atoms with Gasteiger partial charge >= 0.3 is 5.97 Å². The summed E-state index contributed by atoms with van der Waals surface area (Å²) >= 11 is 5.89. The number of hydrogen-bond donors (Lipinski definition) is 0. The van der Waals surface area contributed by atoms with E-state index in [2.05, 4.69) is 12.2 Å². The van der Waals surface area contributed by atoms with Crippen LogP contribution in [0.3, 0.4) is 0 Å². The average molecular weight is 591 g/mol. The van der Waals surface area contributed by atoms with Crippen LogP contribution in [-0.2, 0) is 28.7 Å². The molecule has 6 aliphatic rings. The number of hydrogen-bond acceptors (Lipinski definition) is 7. The molecule has 2 saturated carbocycles. The van der Waals surface area contributed by atoms with Crippen LogP contribution in [0.15, 0.2) is 48.6 Å². The number of Topliss-reactive ketones (excluding diaryl/α,β-unsaturated/α-hetero) is 1. The standard InChI is InChI=1S/C32H31ClN2O7/c33-21-10-8-16(9-11-21)23(36)15-42-32(41)22(35-30(39)26-19-6-7-20(14-19)27(26)31(35)40)3-1-2-12-34-28(37)24-17-4-5-18(13-17)25(24)29(34)38/h4-11,17-20,22,24-27H,1-3,12-15H2/t17-,18-,19-,20-,22+,24-,25+,26-,27+/m0/s1. The monoisotopic (exact) mass is 590 g/mol. The Balaban J connectivity index is 1.02. The number of esters is 1. The zero-order valence-electron chi connectivity index (χ0n) is 22.9. The third kappa shape index (κ3) is 4.19. The van der Waals surface area contributed by atoms with Crippen molar-refractivity contribution in [1.82, 2.24) is 9.80 Å². The lowest BCUT2D eigenvalue weighted by atomic mass is 9.85. The Labute approximate surface area is 247 Å². The zero-order chi connectivity index (χ0) is 29.3. The minimum atomic E-state index is -1.18. The molecule has 4 aliphatic carbocycles. The Morgan fingerprint density at radius 3 is 1.79 bits per heavy atom. The Bertz CT molecular complexity index is 1390. The number of ketones is 1. The lowest BCUT2D eigenvalue weighted by molar-refractivity contribution is -0.159. The van der Waals surface area contributed by atoms with Gasteiger partial charge in [-0.2, -0.15) is 0 Å². The van der Waals surface area contributed by atoms with Crippen LogP contribution in [0.25, 0.3) is 0 Å². The van der Waals surface area contributed by atoms with Crippen LogP contribution in [0.5, 0.6) is 0 Å². The first kappa shape index (κ1) is 27.3. The second-order valence-corrected chi connectivity index (χ2v) is 12.9. The molecule has 4 bridgehead atoms. The van der Waals surface area contributed by atoms with Crippen molar-refractivity contribution >= 4 is 47.0 Å². The average Bonchev–Trinajstić information content (AvgIpc) is 3.83. The summed E-state index contributed by atoms with van der Waals surface area (Å²) in [6, 6.07) is 5.00. The molecule has 0 radical (unpaired) electrons. The van der Waals surface area contributed by atoms with E-state index in [1.807, 2.05) is 12.2 Å². The number of benzene rings is 1. The van der Waals surface area contributed by atoms with Crippen molar-refractivity contribution in [3.8, 4) is 0 Å². The first-order valence-corrected chi connectivity index (χ1v) is 15.2. The van der Waals surface area contributed by atoms with Crippen LogP contribution >= 0.6 is 11.6 Å². The largest absolute Gasteiger partial charge is 0.456 e. The van der Waals surface area contributed by atoms with Crippen LogP contribution in [0, 0.1) is 47.3 Å². The van der Waals surface area contributed by atoms with Gasteiger partial charge in [-0.15, -0.1) is 0 Å². The number of halogens is 1. The minimum Gasteiger partial charge on any atom is -0.456 e. The highest BCUT2D eigenvalue weighted by Crippen LogP contribution is 2.54. The SMILES string of the molecule is O=C(COC(=O)[C@@H](CCCCN1C(=O)[C@@H]2[C@H](C1=O)[C@H]1C=C[C@H]2C1)N1C(=O)[C@@H]2[C@H](C1=O)[C@H]1C=C[C@H]2C1)c1ccc(Cl)cc1. The molecule has 1 aromatic carbocycles. The van der Waals surface area contributed by atoms with Gasteiger partial charge in [0.15, 0.2) is 12.4 Å². The maximum atomic E-state index is 13.5. The normalized spacial score (nSPS) is 34.1. The Morgan fingerprint density at radius 2 is 1.26 bits per heavy atom. The molecular formula is C32H31ClN2O7. The van der Waals surface area contributed by atoms with Gasteiger partial charge < -0.3 is 4.74 Å². The van der Waals surface area contributed by atoms with Gasteiger partial charge in [0.1, 0.15) is 6.04 Å². The highest BCUT2D eigenvalue weighted by molar-refractivity contribution is 6.30. The Kier molecular flexibility index (Phi) is 6.68. The van der Waals surface area contributed by atoms with Crippen LogP contribution in [0.1, 0.15) is 42.5 Å². The zero-order valence-corrected chi connectivity index (χ0v) is 23.7. The molecule has 4 fully saturated rings. The van der Waals surface area contributed by atoms with Gasteiger partial charge in [0.05, 0.1) is 23.7 Å². The summed E-state index contributed by atoms with van der Waals surface area (Å²) in [4.78, 5) is 81.5. The van der Waals surface area contributed by atoms with Crippen molar-refractivity contribution in [2.45, 2.75) is 38.1 Å². The maximum absolute atomic E-state index is 13.5. The highest BCUT2D eigenvalue weighted by atomic mass is 35.5. The molecule has 0 aromatic heterocycles. The number of amides is 4. The molecule has 9 atom stereocenters. The van der Waals surface area contributed by atoms with E-state index >= 15 is 0 Å². The van der Waals surface area contributed by atoms with Crippen molar-refractivity contribution < 1.29 is 33.5 Å². The third-order valence-corrected chi connectivity index (χ3v) is 10.5. The molecule has 0 unspecified atom stereocenters. The van der Waals surface area contributed by atoms with E-state index in [0.717, 1.165) is 17.7 Å². The van der Waals surface area contributed by atoms with Gasteiger partial charge in [-0.3, -0.25) is 33.8 Å². The van der Waals surface area contributed by atoms with E-state index < -0.39 is 36.2 Å². The fraction of sp³-hybridized carbons (Fsp3) is 0.500. The fourth-order valence-corrected chi connectivity index (χ4v) is 8.45. The lowest BCUT2D eigenvalue weighted by Gasteiger charge is -2.26. The van der Waals surface area contributed by atoms with Crippen LogP contribution < -0.4 is 0 Å². The summed E-state index contributed by atoms with van der Waals surface area (Å²) in [5.74, 6) is -3.47. The van der Waals surface area contributed by atoms with E-state index in [1.165, 1.54) is 17.0 Å². The number of fused-ring (bicyclic) bond motifs is 10. The number of carbonyl (C=O) groups is 6. The molecule has 2 saturated heterocycles. The molecular weight excluding hydrogens is 560 g/mol. The van der Waals surface area contributed by atoms with E-state index in [-0.39, 0.29) is 72.1 Å². The first-order chi connectivity index (χ1) is 20.2. The first-order valence-electron chi connectivity index (χ1n) is 14.8. The van der Waals surface area contributed by atoms with E-state index in [1.54, 1.807) is 12.1 Å². The summed E-state index contributed by atoms with van der Waals surface area (Å²) in [7, 11) is 0. The Hall–Kier alpha value is -3.59. The van der Waals surface area contributed by atoms with Gasteiger partial charge in [-0.1, -0.05) is 35.9 Å². The Morgan fingerprint density at radius 1 is 0.762 bits per heavy atom. The predicted molar refractivity (Wildman–Crippen MR) is 148 cm³/mol. The second-order valence-electron chi connectivity index (χ2n) is 12.4. The molecule has 2 heterocycles. The van der Waals surface area contributed by atoms with Crippen molar-refractivity contribution in [3.63, 3.8) is 0 Å². The topological polar surface area (TPSA) is 118 Å². The molecule has 0 N–H and O–H groups in total. The highest BCUT2D eigenvalue weighted by Gasteiger charge is 2.61. The molecule has 9 nitrogen and oxygen atoms in total. The smallest absolute Gasteiger partial charge is 0.329 e. The molecule has 4 amide bonds. The molecule has 7 rings (SSSR count). The van der Waals surface area contributed by atoms with Crippen LogP contribution in [0.2, 0.25) is 5.02 Å². The van der Waals surface area contributed by atoms with Gasteiger partial charge in [0.2, 0.25) is 23.6 Å². The lowest BCUT2D eigenvalue weighted by Crippen LogP contribution is -2.47. The van der Waals surface area contributed by atoms with E-state index in [9.17, 15) is 28.8 Å². The summed E-state index contributed by atoms with van der Waals surface area (Å²) in [6.07, 6.45) is 10.6. The van der Waals surface area contributed by atoms with Gasteiger partial charge in [0, 0.05) is 17.1 Å². The summed E-state index contributed by atoms with van der Waals surface area (Å²) < 4.78 is 5.39. The van der Waals surface area contributed by atoms with Crippen LogP contribution in [0.4, 0.5) is 0 Å². The number of imide groups is 2. The van der Waals surface area contributed by atoms with E-state index in [0.29, 0.717) is 23.4 Å². The van der Waals surface area contributed by atoms with Gasteiger partial charge in [0.25, 0.3) is 0 Å². The predicted octanol–water partition coefficient (Wildman–Crippen LogP) is 3.22. The van der Waals surface area contributed by atoms with Crippen molar-refractivity contribution in [2.24, 2.45) is 47.3 Å². The van der Waals surface area contributed by atoms with Crippen molar-refractivity contribution in [1.29, 1.82) is 0 Å². The molecule has 10 heteroatoms. The number of ether oxygens (including phenoxy) is 1. The number of carbonyl (C=O) groups excluding carboxylic acids is 6. The summed E-state index contributed by atoms with van der Waals surface area (Å²) in [5.41, 5.74) is 0.322. The number of rotatable bonds is 10. The number of allylic oxidation sites excluding steroid dienone is 4. The number of nitrogens with zero attached hydrogens (tertiary/aromatic N) is 2. The van der Waals surface area contributed by atoms with Crippen molar-refractivity contribution in [2.75, 3.05) is 13.2 Å². The fourth-order valence-electron chi connectivity index (χ4n) is 8.33. The van der Waals surface area contributed by atoms with Crippen molar-refractivity contribution in [3.05, 3.63) is 59.2 Å². The summed E-state index contributed by atoms with van der Waals surface area (Å²) in [5, 5.41) is 0.466. The second kappa shape index (κ2) is 10.3. The van der Waals surface area contributed by atoms with E-state index in [4.69, 9.17) is 16.3 Å². The van der Waals surface area contributed by atoms with Gasteiger partial charge in [-0.25, -0.2) is 4.79 Å². The quantitative estimate of drug-likeness (QED) is 0.135. The minimum absolute atomic E-state index is 0.0129. The summed E-state index contributed by atoms with van der Waals surface area (Å²) in [6.45, 7) is -0.315. The number of unbranched alkanes of at least 4 members (excludes halogenated alkanes) is 1. The van der Waals surface area contributed by atoms with Crippen LogP contribution in [-0.4, -0.2) is 64.4 Å². The molecule has 1 aromatic rings. The maximum Gasteiger partial charge on any atom is 0.329 e. The molecule has 42 heavy (non-hydrogen) atoms. The number of likely N-dealkylation sites (tertiary alicyclic amines) is 2. The molecule has 2 aliphatic heterocycles. The molecule has 0 spiro atoms.